The molecule has 6 heteroatoms. The lowest BCUT2D eigenvalue weighted by Gasteiger charge is -2.39. The summed E-state index contributed by atoms with van der Waals surface area (Å²) in [4.78, 5) is 13.6. The number of piperazine rings is 1. The average Bonchev–Trinajstić information content (AvgIpc) is 2.46. The smallest absolute Gasteiger partial charge is 0.410 e. The van der Waals surface area contributed by atoms with E-state index in [0.29, 0.717) is 19.6 Å². The Morgan fingerprint density at radius 3 is 2.80 bits per heavy atom. The van der Waals surface area contributed by atoms with Crippen LogP contribution >= 0.6 is 12.4 Å². The van der Waals surface area contributed by atoms with Gasteiger partial charge in [-0.2, -0.15) is 0 Å². The summed E-state index contributed by atoms with van der Waals surface area (Å²) in [5.41, 5.74) is 0.528. The van der Waals surface area contributed by atoms with Crippen molar-refractivity contribution < 1.29 is 14.6 Å². The second-order valence-corrected chi connectivity index (χ2v) is 5.11. The van der Waals surface area contributed by atoms with Crippen molar-refractivity contribution in [3.63, 3.8) is 0 Å². The van der Waals surface area contributed by atoms with E-state index in [9.17, 15) is 9.90 Å². The van der Waals surface area contributed by atoms with Crippen LogP contribution in [0.15, 0.2) is 30.3 Å². The number of aliphatic hydroxyl groups excluding tert-OH is 1. The molecule has 1 fully saturated rings. The Bertz CT molecular complexity index is 430. The number of rotatable bonds is 3. The van der Waals surface area contributed by atoms with Crippen LogP contribution in [0.3, 0.4) is 0 Å². The van der Waals surface area contributed by atoms with Crippen LogP contribution in [0.2, 0.25) is 0 Å². The van der Waals surface area contributed by atoms with Gasteiger partial charge >= 0.3 is 6.09 Å². The zero-order valence-electron chi connectivity index (χ0n) is 11.5. The number of nitrogens with one attached hydrogen (secondary N) is 1. The van der Waals surface area contributed by atoms with Gasteiger partial charge in [0.15, 0.2) is 0 Å². The fourth-order valence-electron chi connectivity index (χ4n) is 2.12. The molecule has 0 spiro atoms. The number of benzene rings is 1. The largest absolute Gasteiger partial charge is 0.445 e. The lowest BCUT2D eigenvalue weighted by Crippen LogP contribution is -2.61. The van der Waals surface area contributed by atoms with Crippen LogP contribution in [0.1, 0.15) is 12.5 Å². The number of carbonyl (C=O) groups excluding carboxylic acids is 1. The molecular weight excluding hydrogens is 280 g/mol. The van der Waals surface area contributed by atoms with Gasteiger partial charge in [0.2, 0.25) is 0 Å². The van der Waals surface area contributed by atoms with Gasteiger partial charge in [-0.15, -0.1) is 12.4 Å². The summed E-state index contributed by atoms with van der Waals surface area (Å²) < 4.78 is 5.28. The van der Waals surface area contributed by atoms with E-state index in [1.54, 1.807) is 4.90 Å². The molecule has 1 amide bonds. The molecule has 20 heavy (non-hydrogen) atoms. The van der Waals surface area contributed by atoms with Gasteiger partial charge in [-0.25, -0.2) is 4.79 Å². The number of halogens is 1. The van der Waals surface area contributed by atoms with Crippen molar-refractivity contribution in [3.8, 4) is 0 Å². The number of carbonyl (C=O) groups is 1. The van der Waals surface area contributed by atoms with Gasteiger partial charge < -0.3 is 20.1 Å². The van der Waals surface area contributed by atoms with Crippen LogP contribution in [0.5, 0.6) is 0 Å². The van der Waals surface area contributed by atoms with Gasteiger partial charge in [0.05, 0.1) is 12.1 Å². The fourth-order valence-corrected chi connectivity index (χ4v) is 2.12. The third kappa shape index (κ3) is 4.37. The van der Waals surface area contributed by atoms with Gasteiger partial charge in [-0.1, -0.05) is 30.3 Å². The molecule has 0 saturated carbocycles. The van der Waals surface area contributed by atoms with Crippen molar-refractivity contribution in [2.45, 2.75) is 19.1 Å². The van der Waals surface area contributed by atoms with Crippen molar-refractivity contribution in [1.29, 1.82) is 0 Å². The summed E-state index contributed by atoms with van der Waals surface area (Å²) in [5, 5.41) is 12.5. The minimum Gasteiger partial charge on any atom is -0.445 e. The van der Waals surface area contributed by atoms with Crippen LogP contribution < -0.4 is 5.32 Å². The molecule has 0 aromatic heterocycles. The summed E-state index contributed by atoms with van der Waals surface area (Å²) in [6.45, 7) is 3.89. The molecule has 2 N–H and O–H groups in total. The minimum atomic E-state index is -0.440. The molecule has 2 rings (SSSR count). The molecule has 1 aromatic rings. The molecule has 1 saturated heterocycles. The van der Waals surface area contributed by atoms with Crippen molar-refractivity contribution >= 4 is 18.5 Å². The summed E-state index contributed by atoms with van der Waals surface area (Å²) in [6.07, 6.45) is -0.329. The average molecular weight is 301 g/mol. The maximum atomic E-state index is 12.0. The van der Waals surface area contributed by atoms with Crippen LogP contribution in [-0.4, -0.2) is 47.9 Å². The Morgan fingerprint density at radius 2 is 2.15 bits per heavy atom. The molecule has 1 unspecified atom stereocenters. The highest BCUT2D eigenvalue weighted by atomic mass is 35.5. The second-order valence-electron chi connectivity index (χ2n) is 5.11. The van der Waals surface area contributed by atoms with E-state index in [2.05, 4.69) is 5.32 Å². The first-order chi connectivity index (χ1) is 9.13. The molecule has 1 aliphatic heterocycles. The highest BCUT2D eigenvalue weighted by Gasteiger charge is 2.32. The van der Waals surface area contributed by atoms with E-state index in [-0.39, 0.29) is 31.7 Å². The van der Waals surface area contributed by atoms with E-state index in [4.69, 9.17) is 4.74 Å². The minimum absolute atomic E-state index is 0. The van der Waals surface area contributed by atoms with Gasteiger partial charge in [0, 0.05) is 19.6 Å². The summed E-state index contributed by atoms with van der Waals surface area (Å²) in [6, 6.07) is 9.59. The van der Waals surface area contributed by atoms with Gasteiger partial charge in [0.1, 0.15) is 6.61 Å². The molecule has 0 aliphatic carbocycles. The SMILES string of the molecule is CC1(CO)CN(C(=O)OCc2ccccc2)CCN1.Cl. The van der Waals surface area contributed by atoms with Gasteiger partial charge in [0.25, 0.3) is 0 Å². The van der Waals surface area contributed by atoms with Crippen molar-refractivity contribution in [2.24, 2.45) is 0 Å². The molecule has 0 radical (unpaired) electrons. The normalized spacial score (nSPS) is 22.0. The van der Waals surface area contributed by atoms with E-state index < -0.39 is 5.54 Å². The highest BCUT2D eigenvalue weighted by Crippen LogP contribution is 2.12. The predicted octanol–water partition coefficient (Wildman–Crippen LogP) is 1.40. The zero-order chi connectivity index (χ0) is 13.7. The van der Waals surface area contributed by atoms with Crippen LogP contribution in [0.4, 0.5) is 4.79 Å². The van der Waals surface area contributed by atoms with Crippen molar-refractivity contribution in [3.05, 3.63) is 35.9 Å². The Balaban J connectivity index is 0.00000200. The lowest BCUT2D eigenvalue weighted by atomic mass is 10.0. The Hall–Kier alpha value is -1.30. The Kier molecular flexibility index (Phi) is 6.26. The van der Waals surface area contributed by atoms with E-state index >= 15 is 0 Å². The first-order valence-corrected chi connectivity index (χ1v) is 6.44. The molecule has 1 atom stereocenters. The first kappa shape index (κ1) is 16.8. The first-order valence-electron chi connectivity index (χ1n) is 6.44. The molecule has 5 nitrogen and oxygen atoms in total. The number of nitrogens with zero attached hydrogens (tertiary/aromatic N) is 1. The number of hydrogen-bond donors (Lipinski definition) is 2. The number of hydrogen-bond acceptors (Lipinski definition) is 4. The summed E-state index contributed by atoms with van der Waals surface area (Å²) >= 11 is 0. The third-order valence-corrected chi connectivity index (χ3v) is 3.29. The van der Waals surface area contributed by atoms with Crippen LogP contribution in [-0.2, 0) is 11.3 Å². The van der Waals surface area contributed by atoms with Crippen LogP contribution in [0.25, 0.3) is 0 Å². The molecule has 1 heterocycles. The molecule has 1 aliphatic rings. The summed E-state index contributed by atoms with van der Waals surface area (Å²) in [5.74, 6) is 0. The monoisotopic (exact) mass is 300 g/mol. The Labute approximate surface area is 125 Å². The molecule has 112 valence electrons. The molecule has 0 bridgehead atoms. The highest BCUT2D eigenvalue weighted by molar-refractivity contribution is 5.85. The van der Waals surface area contributed by atoms with E-state index in [0.717, 1.165) is 5.56 Å². The summed E-state index contributed by atoms with van der Waals surface area (Å²) in [7, 11) is 0. The Morgan fingerprint density at radius 1 is 1.45 bits per heavy atom. The van der Waals surface area contributed by atoms with E-state index in [1.807, 2.05) is 37.3 Å². The topological polar surface area (TPSA) is 61.8 Å². The maximum Gasteiger partial charge on any atom is 0.410 e. The van der Waals surface area contributed by atoms with Crippen molar-refractivity contribution in [1.82, 2.24) is 10.2 Å². The number of aliphatic hydroxyl groups is 1. The molecule has 1 aromatic carbocycles. The third-order valence-electron chi connectivity index (χ3n) is 3.29. The quantitative estimate of drug-likeness (QED) is 0.886. The second kappa shape index (κ2) is 7.47. The molecular formula is C14H21ClN2O3. The van der Waals surface area contributed by atoms with Gasteiger partial charge in [-0.3, -0.25) is 0 Å². The van der Waals surface area contributed by atoms with Gasteiger partial charge in [-0.05, 0) is 12.5 Å². The number of amides is 1. The standard InChI is InChI=1S/C14H20N2O3.ClH/c1-14(11-17)10-16(8-7-15-14)13(18)19-9-12-5-3-2-4-6-12;/h2-6,15,17H,7-11H2,1H3;1H. The number of ether oxygens (including phenoxy) is 1. The van der Waals surface area contributed by atoms with E-state index in [1.165, 1.54) is 0 Å². The fraction of sp³-hybridized carbons (Fsp3) is 0.500. The zero-order valence-corrected chi connectivity index (χ0v) is 12.4. The van der Waals surface area contributed by atoms with Crippen LogP contribution in [0, 0.1) is 0 Å². The predicted molar refractivity (Wildman–Crippen MR) is 78.9 cm³/mol. The maximum absolute atomic E-state index is 12.0. The lowest BCUT2D eigenvalue weighted by molar-refractivity contribution is 0.0555. The van der Waals surface area contributed by atoms with Crippen molar-refractivity contribution in [2.75, 3.05) is 26.2 Å².